The molecule has 3 aromatic carbocycles. The summed E-state index contributed by atoms with van der Waals surface area (Å²) < 4.78 is 0. The van der Waals surface area contributed by atoms with Crippen molar-refractivity contribution in [3.63, 3.8) is 0 Å². The van der Waals surface area contributed by atoms with E-state index >= 15 is 0 Å². The van der Waals surface area contributed by atoms with Gasteiger partial charge in [-0.25, -0.2) is 14.9 Å². The zero-order valence-electron chi connectivity index (χ0n) is 21.3. The van der Waals surface area contributed by atoms with Crippen molar-refractivity contribution < 1.29 is 14.4 Å². The van der Waals surface area contributed by atoms with E-state index in [1.54, 1.807) is 0 Å². The van der Waals surface area contributed by atoms with E-state index < -0.39 is 17.3 Å². The molecule has 4 aromatic rings. The predicted octanol–water partition coefficient (Wildman–Crippen LogP) is 4.82. The number of carbonyl (C=O) groups excluding carboxylic acids is 2. The number of ketones is 1. The molecule has 0 amide bonds. The third-order valence-corrected chi connectivity index (χ3v) is 6.84. The normalized spacial score (nSPS) is 12.6. The Balaban J connectivity index is 1.66. The van der Waals surface area contributed by atoms with Crippen molar-refractivity contribution >= 4 is 17.7 Å². The van der Waals surface area contributed by atoms with E-state index in [-0.39, 0.29) is 18.6 Å². The molecule has 196 valence electrons. The van der Waals surface area contributed by atoms with Crippen molar-refractivity contribution in [2.75, 3.05) is 11.9 Å². The first kappa shape index (κ1) is 26.8. The molecule has 8 heteroatoms. The van der Waals surface area contributed by atoms with Crippen LogP contribution in [0.5, 0.6) is 0 Å². The smallest absolute Gasteiger partial charge is 0.339 e. The summed E-state index contributed by atoms with van der Waals surface area (Å²) in [6.07, 6.45) is 4.10. The molecule has 0 saturated heterocycles. The van der Waals surface area contributed by atoms with Crippen LogP contribution in [0.1, 0.15) is 48.3 Å². The van der Waals surface area contributed by atoms with Gasteiger partial charge in [0, 0.05) is 18.9 Å². The zero-order valence-corrected chi connectivity index (χ0v) is 21.3. The first-order valence-corrected chi connectivity index (χ1v) is 12.8. The Hall–Kier alpha value is -4.30. The number of hydrogen-bond donors (Lipinski definition) is 3. The summed E-state index contributed by atoms with van der Waals surface area (Å²) in [6.45, 7) is 0.694. The lowest BCUT2D eigenvalue weighted by molar-refractivity contribution is -0.162. The molecule has 4 rings (SSSR count). The minimum atomic E-state index is -1.54. The van der Waals surface area contributed by atoms with Crippen LogP contribution in [-0.2, 0) is 20.8 Å². The van der Waals surface area contributed by atoms with Gasteiger partial charge in [0.05, 0.1) is 0 Å². The monoisotopic (exact) mass is 511 g/mol. The number of H-pyrrole nitrogens is 1. The second-order valence-corrected chi connectivity index (χ2v) is 9.29. The Bertz CT molecular complexity index is 1230. The number of unbranched alkanes of at least 4 members (excludes halogenated alkanes) is 2. The summed E-state index contributed by atoms with van der Waals surface area (Å²) in [7, 11) is 0. The van der Waals surface area contributed by atoms with E-state index in [0.717, 1.165) is 29.5 Å². The highest BCUT2D eigenvalue weighted by atomic mass is 16.7. The Morgan fingerprint density at radius 1 is 0.868 bits per heavy atom. The summed E-state index contributed by atoms with van der Waals surface area (Å²) in [5.74, 6) is 4.68. The highest BCUT2D eigenvalue weighted by molar-refractivity contribution is 6.05. The topological polar surface area (TPSA) is 123 Å². The summed E-state index contributed by atoms with van der Waals surface area (Å²) in [5.41, 5.74) is 1.02. The average molecular weight is 512 g/mol. The van der Waals surface area contributed by atoms with Gasteiger partial charge in [0.25, 0.3) is 0 Å². The molecule has 0 aliphatic rings. The number of Topliss-reactive ketones (excluding diaryl/α,β-unsaturated/α-hetero) is 1. The molecular formula is C30H33N5O3. The third kappa shape index (κ3) is 6.33. The molecule has 0 unspecified atom stereocenters. The molecule has 0 spiro atoms. The number of rotatable bonds is 14. The Labute approximate surface area is 222 Å². The summed E-state index contributed by atoms with van der Waals surface area (Å²) in [4.78, 5) is 37.0. The van der Waals surface area contributed by atoms with Crippen LogP contribution in [0.2, 0.25) is 0 Å². The van der Waals surface area contributed by atoms with Crippen molar-refractivity contribution in [2.24, 2.45) is 11.3 Å². The fourth-order valence-electron chi connectivity index (χ4n) is 5.05. The quantitative estimate of drug-likeness (QED) is 0.126. The molecule has 0 saturated carbocycles. The second kappa shape index (κ2) is 13.3. The largest absolute Gasteiger partial charge is 0.373 e. The van der Waals surface area contributed by atoms with Gasteiger partial charge in [0.15, 0.2) is 5.78 Å². The Morgan fingerprint density at radius 3 is 2.03 bits per heavy atom. The average Bonchev–Trinajstić information content (AvgIpc) is 3.49. The molecular weight excluding hydrogens is 478 g/mol. The molecule has 0 fully saturated rings. The lowest BCUT2D eigenvalue weighted by Crippen LogP contribution is -2.48. The first-order valence-electron chi connectivity index (χ1n) is 12.8. The number of hydrogen-bond acceptors (Lipinski definition) is 7. The number of nitrogens with zero attached hydrogens (tertiary/aromatic N) is 2. The molecule has 0 bridgehead atoms. The van der Waals surface area contributed by atoms with Gasteiger partial charge in [-0.15, -0.1) is 0 Å². The summed E-state index contributed by atoms with van der Waals surface area (Å²) in [5, 5.41) is 9.74. The van der Waals surface area contributed by atoms with Crippen LogP contribution >= 0.6 is 0 Å². The van der Waals surface area contributed by atoms with Crippen LogP contribution < -0.4 is 11.2 Å². The van der Waals surface area contributed by atoms with Crippen molar-refractivity contribution in [2.45, 2.75) is 38.0 Å². The van der Waals surface area contributed by atoms with E-state index in [1.807, 2.05) is 91.0 Å². The minimum absolute atomic E-state index is 0.171. The molecule has 0 aliphatic carbocycles. The van der Waals surface area contributed by atoms with Crippen LogP contribution in [0.15, 0.2) is 97.3 Å². The molecule has 1 aromatic heterocycles. The van der Waals surface area contributed by atoms with Crippen molar-refractivity contribution in [3.05, 3.63) is 114 Å². The van der Waals surface area contributed by atoms with Gasteiger partial charge in [0.2, 0.25) is 5.95 Å². The standard InChI is InChI=1S/C30H33N5O3/c31-38-28(37)30(21-23-13-5-1-6-14-23,26(36)19-11-4-12-20-32-29-33-22-34-35-29)27(24-15-7-2-8-16-24)25-17-9-3-10-18-25/h1-3,5-10,13-18,22,27H,4,11-12,19-21,31H2,(H2,32,33,34,35)/t30-/m1/s1. The van der Waals surface area contributed by atoms with Gasteiger partial charge in [0.1, 0.15) is 11.7 Å². The van der Waals surface area contributed by atoms with E-state index in [9.17, 15) is 9.59 Å². The van der Waals surface area contributed by atoms with Crippen LogP contribution in [-0.4, -0.2) is 33.5 Å². The molecule has 1 atom stereocenters. The second-order valence-electron chi connectivity index (χ2n) is 9.29. The number of aromatic nitrogens is 3. The highest BCUT2D eigenvalue weighted by Crippen LogP contribution is 2.46. The molecule has 0 aliphatic heterocycles. The van der Waals surface area contributed by atoms with Gasteiger partial charge in [-0.3, -0.25) is 4.79 Å². The van der Waals surface area contributed by atoms with Crippen molar-refractivity contribution in [1.29, 1.82) is 0 Å². The lowest BCUT2D eigenvalue weighted by Gasteiger charge is -2.38. The molecule has 0 radical (unpaired) electrons. The van der Waals surface area contributed by atoms with Crippen LogP contribution in [0, 0.1) is 5.41 Å². The van der Waals surface area contributed by atoms with Crippen molar-refractivity contribution in [3.8, 4) is 0 Å². The first-order chi connectivity index (χ1) is 18.6. The van der Waals surface area contributed by atoms with E-state index in [4.69, 9.17) is 10.7 Å². The molecule has 1 heterocycles. The SMILES string of the molecule is NOC(=O)[C@](Cc1ccccc1)(C(=O)CCCCCNc1ncn[nH]1)C(c1ccccc1)c1ccccc1. The zero-order chi connectivity index (χ0) is 26.6. The van der Waals surface area contributed by atoms with Gasteiger partial charge >= 0.3 is 5.97 Å². The van der Waals surface area contributed by atoms with E-state index in [1.165, 1.54) is 6.33 Å². The highest BCUT2D eigenvalue weighted by Gasteiger charge is 2.53. The van der Waals surface area contributed by atoms with Crippen molar-refractivity contribution in [1.82, 2.24) is 15.2 Å². The van der Waals surface area contributed by atoms with Gasteiger partial charge in [-0.2, -0.15) is 11.0 Å². The number of aromatic amines is 1. The minimum Gasteiger partial charge on any atom is -0.373 e. The third-order valence-electron chi connectivity index (χ3n) is 6.84. The molecule has 4 N–H and O–H groups in total. The number of anilines is 1. The van der Waals surface area contributed by atoms with Crippen LogP contribution in [0.3, 0.4) is 0 Å². The molecule has 8 nitrogen and oxygen atoms in total. The maximum Gasteiger partial charge on any atom is 0.339 e. The van der Waals surface area contributed by atoms with Crippen LogP contribution in [0.25, 0.3) is 0 Å². The van der Waals surface area contributed by atoms with E-state index in [2.05, 4.69) is 20.5 Å². The molecule has 38 heavy (non-hydrogen) atoms. The van der Waals surface area contributed by atoms with E-state index in [0.29, 0.717) is 18.9 Å². The van der Waals surface area contributed by atoms with Gasteiger partial charge in [-0.05, 0) is 36.0 Å². The summed E-state index contributed by atoms with van der Waals surface area (Å²) >= 11 is 0. The van der Waals surface area contributed by atoms with Gasteiger partial charge in [-0.1, -0.05) is 97.4 Å². The predicted molar refractivity (Wildman–Crippen MR) is 146 cm³/mol. The number of nitrogens with one attached hydrogen (secondary N) is 2. The number of benzene rings is 3. The number of carbonyl (C=O) groups is 2. The Morgan fingerprint density at radius 2 is 1.47 bits per heavy atom. The fourth-order valence-corrected chi connectivity index (χ4v) is 5.05. The maximum absolute atomic E-state index is 14.3. The van der Waals surface area contributed by atoms with Crippen LogP contribution in [0.4, 0.5) is 5.95 Å². The maximum atomic E-state index is 14.3. The Kier molecular flexibility index (Phi) is 9.37. The lowest BCUT2D eigenvalue weighted by atomic mass is 9.62. The summed E-state index contributed by atoms with van der Waals surface area (Å²) in [6, 6.07) is 28.9. The van der Waals surface area contributed by atoms with Gasteiger partial charge < -0.3 is 10.2 Å². The fraction of sp³-hybridized carbons (Fsp3) is 0.267. The number of nitrogens with two attached hydrogens (primary N) is 1.